The summed E-state index contributed by atoms with van der Waals surface area (Å²) in [5.41, 5.74) is 0. The van der Waals surface area contributed by atoms with Crippen LogP contribution in [0.15, 0.2) is 0 Å². The van der Waals surface area contributed by atoms with Crippen molar-refractivity contribution in [2.75, 3.05) is 19.7 Å². The third-order valence-corrected chi connectivity index (χ3v) is 5.70. The van der Waals surface area contributed by atoms with Crippen LogP contribution in [0.5, 0.6) is 0 Å². The molecule has 1 saturated heterocycles. The zero-order valence-electron chi connectivity index (χ0n) is 20.0. The second-order valence-electron chi connectivity index (χ2n) is 7.90. The van der Waals surface area contributed by atoms with E-state index in [4.69, 9.17) is 13.6 Å². The lowest BCUT2D eigenvalue weighted by Crippen LogP contribution is -2.50. The maximum absolute atomic E-state index is 12.7. The number of carbonyl (C=O) groups excluding carboxylic acids is 2. The minimum atomic E-state index is -1.80. The molecule has 2 fully saturated rings. The first-order valence-corrected chi connectivity index (χ1v) is 10.5. The van der Waals surface area contributed by atoms with Crippen molar-refractivity contribution in [1.82, 2.24) is 25.9 Å². The van der Waals surface area contributed by atoms with Crippen molar-refractivity contribution in [2.45, 2.75) is 70.7 Å². The second-order valence-corrected chi connectivity index (χ2v) is 7.90. The molecule has 1 aromatic rings. The molecule has 3 rings (SSSR count). The standard InChI is InChI=1S/C20H33N5O4/c1-14(26)28-9-3-2-4-10-29-20(27)18-12-17-11-15(5-7-16(17)13-21-18)6-8-19-22-24-25-23-19/h15-18,21H,2-13H2,1H3,(H,22,23,24,25)/t15-,16+,17-,18+/m1/s1/i13D2,18D. The topological polar surface area (TPSA) is 119 Å². The van der Waals surface area contributed by atoms with E-state index in [9.17, 15) is 9.59 Å². The number of aromatic nitrogens is 4. The molecule has 2 aliphatic rings. The summed E-state index contributed by atoms with van der Waals surface area (Å²) in [6.07, 6.45) is 6.22. The highest BCUT2D eigenvalue weighted by Crippen LogP contribution is 2.40. The normalized spacial score (nSPS) is 32.3. The van der Waals surface area contributed by atoms with Gasteiger partial charge in [-0.3, -0.25) is 9.59 Å². The molecule has 0 bridgehead atoms. The molecule has 0 aromatic carbocycles. The number of aryl methyl sites for hydroxylation is 1. The van der Waals surface area contributed by atoms with Crippen molar-refractivity contribution in [3.63, 3.8) is 0 Å². The van der Waals surface area contributed by atoms with Gasteiger partial charge in [-0.15, -0.1) is 10.2 Å². The Bertz CT molecular complexity index is 766. The highest BCUT2D eigenvalue weighted by Gasteiger charge is 2.38. The molecule has 2 heterocycles. The number of tetrazole rings is 1. The van der Waals surface area contributed by atoms with Crippen LogP contribution in [-0.4, -0.2) is 58.3 Å². The molecule has 0 unspecified atom stereocenters. The van der Waals surface area contributed by atoms with Gasteiger partial charge in [-0.25, -0.2) is 0 Å². The molecule has 9 nitrogen and oxygen atoms in total. The first-order valence-electron chi connectivity index (χ1n) is 12.0. The number of hydrogen-bond donors (Lipinski definition) is 2. The molecule has 4 atom stereocenters. The van der Waals surface area contributed by atoms with Crippen molar-refractivity contribution < 1.29 is 23.2 Å². The fourth-order valence-corrected chi connectivity index (χ4v) is 4.14. The molecule has 1 aromatic heterocycles. The number of fused-ring (bicyclic) bond motifs is 1. The molecule has 2 N–H and O–H groups in total. The molecular formula is C20H33N5O4. The van der Waals surface area contributed by atoms with E-state index in [1.165, 1.54) is 6.92 Å². The van der Waals surface area contributed by atoms with E-state index >= 15 is 0 Å². The number of nitrogens with one attached hydrogen (secondary N) is 2. The summed E-state index contributed by atoms with van der Waals surface area (Å²) < 4.78 is 35.8. The number of esters is 2. The Morgan fingerprint density at radius 1 is 1.17 bits per heavy atom. The summed E-state index contributed by atoms with van der Waals surface area (Å²) >= 11 is 0. The average molecular weight is 411 g/mol. The maximum Gasteiger partial charge on any atom is 0.323 e. The van der Waals surface area contributed by atoms with Gasteiger partial charge in [0.1, 0.15) is 6.02 Å². The Labute approximate surface area is 175 Å². The SMILES string of the molecule is [2H]C1([2H])N[C@]([2H])(C(=O)OCCCCCOC(C)=O)C[C@H]2C[C@@H](CCc3nn[nH]n3)CC[C@H]21. The Kier molecular flexibility index (Phi) is 6.89. The minimum Gasteiger partial charge on any atom is -0.466 e. The number of ether oxygens (including phenoxy) is 2. The molecule has 0 amide bonds. The van der Waals surface area contributed by atoms with Crippen LogP contribution in [0.25, 0.3) is 0 Å². The molecule has 29 heavy (non-hydrogen) atoms. The number of H-pyrrole nitrogens is 1. The summed E-state index contributed by atoms with van der Waals surface area (Å²) in [5, 5.41) is 16.6. The van der Waals surface area contributed by atoms with Crippen LogP contribution in [0.1, 0.15) is 68.2 Å². The lowest BCUT2D eigenvalue weighted by Gasteiger charge is -2.42. The predicted molar refractivity (Wildman–Crippen MR) is 105 cm³/mol. The van der Waals surface area contributed by atoms with Crippen LogP contribution in [0.4, 0.5) is 0 Å². The first kappa shape index (κ1) is 17.8. The molecule has 1 aliphatic heterocycles. The summed E-state index contributed by atoms with van der Waals surface area (Å²) in [7, 11) is 0. The summed E-state index contributed by atoms with van der Waals surface area (Å²) in [6.45, 7) is 0.0562. The third kappa shape index (κ3) is 7.06. The van der Waals surface area contributed by atoms with E-state index in [2.05, 4.69) is 25.9 Å². The van der Waals surface area contributed by atoms with E-state index in [-0.39, 0.29) is 30.8 Å². The van der Waals surface area contributed by atoms with E-state index < -0.39 is 18.5 Å². The lowest BCUT2D eigenvalue weighted by atomic mass is 9.69. The smallest absolute Gasteiger partial charge is 0.323 e. The van der Waals surface area contributed by atoms with Crippen LogP contribution >= 0.6 is 0 Å². The molecule has 1 saturated carbocycles. The average Bonchev–Trinajstić information content (AvgIpc) is 3.24. The maximum atomic E-state index is 12.7. The number of piperidine rings is 1. The van der Waals surface area contributed by atoms with Gasteiger partial charge >= 0.3 is 11.9 Å². The Balaban J connectivity index is 1.48. The Morgan fingerprint density at radius 3 is 2.76 bits per heavy atom. The van der Waals surface area contributed by atoms with Crippen LogP contribution < -0.4 is 5.32 Å². The van der Waals surface area contributed by atoms with E-state index in [0.29, 0.717) is 37.6 Å². The van der Waals surface area contributed by atoms with Crippen molar-refractivity contribution >= 4 is 11.9 Å². The van der Waals surface area contributed by atoms with Gasteiger partial charge in [0, 0.05) is 16.1 Å². The summed E-state index contributed by atoms with van der Waals surface area (Å²) in [5.74, 6) is -0.294. The van der Waals surface area contributed by atoms with Crippen LogP contribution in [-0.2, 0) is 25.5 Å². The highest BCUT2D eigenvalue weighted by atomic mass is 16.5. The van der Waals surface area contributed by atoms with E-state index in [1.807, 2.05) is 0 Å². The van der Waals surface area contributed by atoms with Crippen LogP contribution in [0.3, 0.4) is 0 Å². The molecule has 9 heteroatoms. The largest absolute Gasteiger partial charge is 0.466 e. The Morgan fingerprint density at radius 2 is 2.00 bits per heavy atom. The van der Waals surface area contributed by atoms with E-state index in [1.54, 1.807) is 0 Å². The quantitative estimate of drug-likeness (QED) is 0.443. The van der Waals surface area contributed by atoms with Gasteiger partial charge in [-0.2, -0.15) is 5.21 Å². The second kappa shape index (κ2) is 11.2. The summed E-state index contributed by atoms with van der Waals surface area (Å²) in [6, 6.07) is -1.79. The van der Waals surface area contributed by atoms with Crippen molar-refractivity contribution in [3.8, 4) is 0 Å². The number of nitrogens with zero attached hydrogens (tertiary/aromatic N) is 3. The van der Waals surface area contributed by atoms with Gasteiger partial charge in [0.2, 0.25) is 0 Å². The summed E-state index contributed by atoms with van der Waals surface area (Å²) in [4.78, 5) is 23.4. The number of rotatable bonds is 10. The van der Waals surface area contributed by atoms with Gasteiger partial charge in [-0.1, -0.05) is 11.6 Å². The highest BCUT2D eigenvalue weighted by molar-refractivity contribution is 5.76. The predicted octanol–water partition coefficient (Wildman–Crippen LogP) is 1.80. The lowest BCUT2D eigenvalue weighted by molar-refractivity contribution is -0.148. The third-order valence-electron chi connectivity index (χ3n) is 5.70. The minimum absolute atomic E-state index is 0.0657. The molecular weight excluding hydrogens is 374 g/mol. The monoisotopic (exact) mass is 410 g/mol. The molecule has 0 spiro atoms. The van der Waals surface area contributed by atoms with Gasteiger partial charge in [0.15, 0.2) is 5.82 Å². The van der Waals surface area contributed by atoms with Crippen molar-refractivity contribution in [3.05, 3.63) is 5.82 Å². The van der Waals surface area contributed by atoms with Gasteiger partial charge in [0.05, 0.1) is 14.6 Å². The Hall–Kier alpha value is -2.03. The zero-order valence-corrected chi connectivity index (χ0v) is 17.0. The molecule has 1 aliphatic carbocycles. The molecule has 162 valence electrons. The fourth-order valence-electron chi connectivity index (χ4n) is 4.14. The van der Waals surface area contributed by atoms with Crippen LogP contribution in [0, 0.1) is 17.8 Å². The number of hydrogen-bond acceptors (Lipinski definition) is 8. The number of unbranched alkanes of at least 4 members (excludes halogenated alkanes) is 2. The molecule has 0 radical (unpaired) electrons. The first-order chi connectivity index (χ1) is 15.2. The van der Waals surface area contributed by atoms with Gasteiger partial charge < -0.3 is 14.8 Å². The fraction of sp³-hybridized carbons (Fsp3) is 0.850. The number of aromatic amines is 1. The van der Waals surface area contributed by atoms with Crippen LogP contribution in [0.2, 0.25) is 0 Å². The van der Waals surface area contributed by atoms with Gasteiger partial charge in [0.25, 0.3) is 0 Å². The van der Waals surface area contributed by atoms with Crippen molar-refractivity contribution in [2.24, 2.45) is 17.8 Å². The number of carbonyl (C=O) groups is 2. The van der Waals surface area contributed by atoms with E-state index in [0.717, 1.165) is 32.1 Å². The zero-order chi connectivity index (χ0) is 23.2. The van der Waals surface area contributed by atoms with Crippen molar-refractivity contribution in [1.29, 1.82) is 0 Å². The van der Waals surface area contributed by atoms with Gasteiger partial charge in [-0.05, 0) is 69.2 Å².